The van der Waals surface area contributed by atoms with Gasteiger partial charge in [-0.15, -0.1) is 11.3 Å². The predicted molar refractivity (Wildman–Crippen MR) is 88.1 cm³/mol. The number of fused-ring (bicyclic) bond motifs is 1. The molecule has 2 heterocycles. The molecule has 0 saturated carbocycles. The fourth-order valence-electron chi connectivity index (χ4n) is 2.42. The second-order valence-corrected chi connectivity index (χ2v) is 7.23. The molecular formula is C15H16BrN3S. The molecule has 1 atom stereocenters. The second kappa shape index (κ2) is 5.68. The zero-order chi connectivity index (χ0) is 14.1. The van der Waals surface area contributed by atoms with E-state index in [0.717, 1.165) is 22.4 Å². The Morgan fingerprint density at radius 1 is 1.30 bits per heavy atom. The van der Waals surface area contributed by atoms with Gasteiger partial charge in [-0.1, -0.05) is 18.2 Å². The number of rotatable bonds is 4. The third kappa shape index (κ3) is 2.53. The maximum Gasteiger partial charge on any atom is 0.0722 e. The third-order valence-electron chi connectivity index (χ3n) is 3.41. The average molecular weight is 350 g/mol. The standard InChI is InChI=1S/C15H16BrN3S/c1-2-19-13-6-4-3-5-10(13)12(18-19)9-11(17)14-7-8-15(16)20-14/h3-8,11H,2,9,17H2,1H3. The van der Waals surface area contributed by atoms with Crippen molar-refractivity contribution in [1.82, 2.24) is 9.78 Å². The van der Waals surface area contributed by atoms with E-state index in [1.54, 1.807) is 11.3 Å². The van der Waals surface area contributed by atoms with Crippen molar-refractivity contribution in [2.75, 3.05) is 0 Å². The summed E-state index contributed by atoms with van der Waals surface area (Å²) in [7, 11) is 0. The number of nitrogens with zero attached hydrogens (tertiary/aromatic N) is 2. The number of thiophene rings is 1. The number of hydrogen-bond donors (Lipinski definition) is 1. The van der Waals surface area contributed by atoms with Crippen LogP contribution in [0.25, 0.3) is 10.9 Å². The van der Waals surface area contributed by atoms with Crippen molar-refractivity contribution >= 4 is 38.2 Å². The first-order chi connectivity index (χ1) is 9.69. The Hall–Kier alpha value is -1.17. The molecular weight excluding hydrogens is 334 g/mol. The topological polar surface area (TPSA) is 43.8 Å². The molecule has 0 fully saturated rings. The summed E-state index contributed by atoms with van der Waals surface area (Å²) in [6.07, 6.45) is 0.764. The maximum absolute atomic E-state index is 6.32. The highest BCUT2D eigenvalue weighted by Gasteiger charge is 2.15. The lowest BCUT2D eigenvalue weighted by molar-refractivity contribution is 0.645. The molecule has 0 spiro atoms. The van der Waals surface area contributed by atoms with Crippen LogP contribution in [0.1, 0.15) is 23.5 Å². The maximum atomic E-state index is 6.32. The summed E-state index contributed by atoms with van der Waals surface area (Å²) in [5.41, 5.74) is 8.59. The average Bonchev–Trinajstić information content (AvgIpc) is 3.03. The summed E-state index contributed by atoms with van der Waals surface area (Å²) >= 11 is 5.17. The number of hydrogen-bond acceptors (Lipinski definition) is 3. The van der Waals surface area contributed by atoms with Crippen LogP contribution in [0.4, 0.5) is 0 Å². The van der Waals surface area contributed by atoms with Crippen LogP contribution in [0, 0.1) is 0 Å². The summed E-state index contributed by atoms with van der Waals surface area (Å²) in [4.78, 5) is 1.19. The molecule has 0 bridgehead atoms. The second-order valence-electron chi connectivity index (χ2n) is 4.73. The lowest BCUT2D eigenvalue weighted by atomic mass is 10.1. The van der Waals surface area contributed by atoms with E-state index >= 15 is 0 Å². The molecule has 3 nitrogen and oxygen atoms in total. The lowest BCUT2D eigenvalue weighted by Gasteiger charge is -2.07. The normalized spacial score (nSPS) is 12.9. The molecule has 0 saturated heterocycles. The molecule has 1 aromatic carbocycles. The van der Waals surface area contributed by atoms with Gasteiger partial charge in [-0.25, -0.2) is 0 Å². The van der Waals surface area contributed by atoms with Crippen molar-refractivity contribution in [2.45, 2.75) is 25.9 Å². The van der Waals surface area contributed by atoms with E-state index in [0.29, 0.717) is 0 Å². The molecule has 0 radical (unpaired) electrons. The number of para-hydroxylation sites is 1. The van der Waals surface area contributed by atoms with Gasteiger partial charge in [-0.3, -0.25) is 4.68 Å². The van der Waals surface area contributed by atoms with Crippen molar-refractivity contribution < 1.29 is 0 Å². The first kappa shape index (κ1) is 13.8. The molecule has 0 aliphatic heterocycles. The predicted octanol–water partition coefficient (Wildman–Crippen LogP) is 4.12. The van der Waals surface area contributed by atoms with Crippen LogP contribution < -0.4 is 5.73 Å². The minimum atomic E-state index is -0.00471. The highest BCUT2D eigenvalue weighted by atomic mass is 79.9. The highest BCUT2D eigenvalue weighted by molar-refractivity contribution is 9.11. The summed E-state index contributed by atoms with van der Waals surface area (Å²) in [5, 5.41) is 5.92. The van der Waals surface area contributed by atoms with Crippen LogP contribution >= 0.6 is 27.3 Å². The monoisotopic (exact) mass is 349 g/mol. The van der Waals surface area contributed by atoms with Crippen molar-refractivity contribution in [3.63, 3.8) is 0 Å². The van der Waals surface area contributed by atoms with E-state index < -0.39 is 0 Å². The largest absolute Gasteiger partial charge is 0.323 e. The van der Waals surface area contributed by atoms with E-state index in [1.165, 1.54) is 15.8 Å². The first-order valence-electron chi connectivity index (χ1n) is 6.64. The van der Waals surface area contributed by atoms with Gasteiger partial charge in [0, 0.05) is 29.3 Å². The molecule has 0 amide bonds. The van der Waals surface area contributed by atoms with Crippen LogP contribution in [-0.2, 0) is 13.0 Å². The van der Waals surface area contributed by atoms with Gasteiger partial charge in [0.1, 0.15) is 0 Å². The molecule has 3 aromatic rings. The molecule has 0 aliphatic rings. The molecule has 20 heavy (non-hydrogen) atoms. The SMILES string of the molecule is CCn1nc(CC(N)c2ccc(Br)s2)c2ccccc21. The number of benzene rings is 1. The van der Waals surface area contributed by atoms with Gasteiger partial charge in [0.15, 0.2) is 0 Å². The summed E-state index contributed by atoms with van der Waals surface area (Å²) in [6.45, 7) is 2.99. The van der Waals surface area contributed by atoms with Gasteiger partial charge >= 0.3 is 0 Å². The lowest BCUT2D eigenvalue weighted by Crippen LogP contribution is -2.12. The van der Waals surface area contributed by atoms with Gasteiger partial charge < -0.3 is 5.73 Å². The molecule has 2 N–H and O–H groups in total. The molecule has 3 rings (SSSR count). The third-order valence-corrected chi connectivity index (χ3v) is 5.16. The van der Waals surface area contributed by atoms with Crippen LogP contribution in [0.2, 0.25) is 0 Å². The summed E-state index contributed by atoms with van der Waals surface area (Å²) < 4.78 is 3.16. The highest BCUT2D eigenvalue weighted by Crippen LogP contribution is 2.29. The van der Waals surface area contributed by atoms with Crippen molar-refractivity contribution in [3.05, 3.63) is 50.8 Å². The Labute approximate surface area is 130 Å². The van der Waals surface area contributed by atoms with E-state index in [9.17, 15) is 0 Å². The van der Waals surface area contributed by atoms with Crippen molar-refractivity contribution in [1.29, 1.82) is 0 Å². The van der Waals surface area contributed by atoms with Crippen LogP contribution in [0.3, 0.4) is 0 Å². The quantitative estimate of drug-likeness (QED) is 0.769. The fourth-order valence-corrected chi connectivity index (χ4v) is 3.85. The Morgan fingerprint density at radius 3 is 2.80 bits per heavy atom. The van der Waals surface area contributed by atoms with E-state index in [1.807, 2.05) is 10.7 Å². The Bertz CT molecular complexity index is 732. The zero-order valence-corrected chi connectivity index (χ0v) is 13.6. The van der Waals surface area contributed by atoms with Gasteiger partial charge in [0.05, 0.1) is 15.0 Å². The zero-order valence-electron chi connectivity index (χ0n) is 11.2. The Balaban J connectivity index is 1.94. The molecule has 5 heteroatoms. The number of halogens is 1. The number of aromatic nitrogens is 2. The van der Waals surface area contributed by atoms with Crippen LogP contribution in [0.5, 0.6) is 0 Å². The minimum Gasteiger partial charge on any atom is -0.323 e. The fraction of sp³-hybridized carbons (Fsp3) is 0.267. The number of nitrogens with two attached hydrogens (primary N) is 1. The molecule has 104 valence electrons. The summed E-state index contributed by atoms with van der Waals surface area (Å²) in [5.74, 6) is 0. The van der Waals surface area contributed by atoms with Gasteiger partial charge in [-0.05, 0) is 41.1 Å². The Kier molecular flexibility index (Phi) is 3.92. The van der Waals surface area contributed by atoms with E-state index in [4.69, 9.17) is 10.8 Å². The van der Waals surface area contributed by atoms with E-state index in [-0.39, 0.29) is 6.04 Å². The Morgan fingerprint density at radius 2 is 2.10 bits per heavy atom. The van der Waals surface area contributed by atoms with Crippen LogP contribution in [-0.4, -0.2) is 9.78 Å². The first-order valence-corrected chi connectivity index (χ1v) is 8.25. The summed E-state index contributed by atoms with van der Waals surface area (Å²) in [6, 6.07) is 12.5. The minimum absolute atomic E-state index is 0.00471. The van der Waals surface area contributed by atoms with E-state index in [2.05, 4.69) is 53.2 Å². The molecule has 2 aromatic heterocycles. The van der Waals surface area contributed by atoms with Crippen LogP contribution in [0.15, 0.2) is 40.2 Å². The van der Waals surface area contributed by atoms with Gasteiger partial charge in [-0.2, -0.15) is 5.10 Å². The van der Waals surface area contributed by atoms with Gasteiger partial charge in [0.25, 0.3) is 0 Å². The van der Waals surface area contributed by atoms with Crippen molar-refractivity contribution in [2.24, 2.45) is 5.73 Å². The van der Waals surface area contributed by atoms with Crippen molar-refractivity contribution in [3.8, 4) is 0 Å². The van der Waals surface area contributed by atoms with Gasteiger partial charge in [0.2, 0.25) is 0 Å². The smallest absolute Gasteiger partial charge is 0.0722 e. The molecule has 1 unspecified atom stereocenters. The molecule has 0 aliphatic carbocycles. The number of aryl methyl sites for hydroxylation is 1.